The average Bonchev–Trinajstić information content (AvgIpc) is 2.32. The molecule has 1 aromatic rings. The number of alkyl halides is 3. The molecule has 0 heterocycles. The molecule has 4 nitrogen and oxygen atoms in total. The van der Waals surface area contributed by atoms with Crippen molar-refractivity contribution in [3.63, 3.8) is 0 Å². The molecule has 0 bridgehead atoms. The molecule has 9 heteroatoms. The number of carbonyl (C=O) groups excluding carboxylic acids is 2. The van der Waals surface area contributed by atoms with Gasteiger partial charge in [0.2, 0.25) is 5.91 Å². The number of methoxy groups -OCH3 is 1. The third-order valence-corrected chi connectivity index (χ3v) is 2.59. The summed E-state index contributed by atoms with van der Waals surface area (Å²) in [4.78, 5) is 22.3. The van der Waals surface area contributed by atoms with Gasteiger partial charge in [-0.25, -0.2) is 9.18 Å². The van der Waals surface area contributed by atoms with Gasteiger partial charge in [-0.1, -0.05) is 11.6 Å². The Labute approximate surface area is 115 Å². The number of hydrogen-bond acceptors (Lipinski definition) is 3. The molecule has 1 amide bonds. The van der Waals surface area contributed by atoms with Gasteiger partial charge in [-0.15, -0.1) is 0 Å². The minimum atomic E-state index is -4.96. The minimum Gasteiger partial charge on any atom is -0.465 e. The summed E-state index contributed by atoms with van der Waals surface area (Å²) in [6, 6.07) is 0.322. The summed E-state index contributed by atoms with van der Waals surface area (Å²) >= 11 is 5.29. The number of hydrogen-bond donors (Lipinski definition) is 1. The fourth-order valence-electron chi connectivity index (χ4n) is 1.40. The van der Waals surface area contributed by atoms with Crippen LogP contribution in [0.2, 0.25) is 5.02 Å². The predicted octanol–water partition coefficient (Wildman–Crippen LogP) is 3.24. The number of anilines is 1. The van der Waals surface area contributed by atoms with Crippen LogP contribution in [0.1, 0.15) is 22.8 Å². The lowest BCUT2D eigenvalue weighted by Crippen LogP contribution is -2.17. The van der Waals surface area contributed by atoms with Crippen LogP contribution in [0.15, 0.2) is 6.07 Å². The second kappa shape index (κ2) is 5.66. The molecule has 0 saturated carbocycles. The Morgan fingerprint density at radius 1 is 1.35 bits per heavy atom. The van der Waals surface area contributed by atoms with Gasteiger partial charge in [0, 0.05) is 6.92 Å². The Bertz CT molecular complexity index is 572. The highest BCUT2D eigenvalue weighted by Crippen LogP contribution is 2.40. The molecule has 0 aliphatic carbocycles. The molecular weight excluding hydrogens is 306 g/mol. The van der Waals surface area contributed by atoms with Crippen molar-refractivity contribution >= 4 is 29.2 Å². The van der Waals surface area contributed by atoms with Gasteiger partial charge in [-0.05, 0) is 6.07 Å². The number of nitrogens with one attached hydrogen (secondary N) is 1. The molecular formula is C11H8ClF4NO3. The lowest BCUT2D eigenvalue weighted by molar-refractivity contribution is -0.137. The Morgan fingerprint density at radius 3 is 2.30 bits per heavy atom. The molecule has 0 fully saturated rings. The number of halogens is 5. The van der Waals surface area contributed by atoms with Crippen LogP contribution < -0.4 is 5.32 Å². The van der Waals surface area contributed by atoms with Crippen LogP contribution in [0.4, 0.5) is 23.2 Å². The molecule has 110 valence electrons. The maximum Gasteiger partial charge on any atom is 0.417 e. The van der Waals surface area contributed by atoms with Crippen LogP contribution >= 0.6 is 11.6 Å². The van der Waals surface area contributed by atoms with E-state index < -0.39 is 45.7 Å². The standard InChI is InChI=1S/C11H8ClF4NO3/c1-4(18)17-9-5(10(19)20-2)3-6(11(14,15)16)7(12)8(9)13/h3H,1-2H3,(H,17,18). The largest absolute Gasteiger partial charge is 0.465 e. The first kappa shape index (κ1) is 16.2. The van der Waals surface area contributed by atoms with Crippen molar-refractivity contribution in [1.82, 2.24) is 0 Å². The Hall–Kier alpha value is -1.83. The first-order chi connectivity index (χ1) is 9.09. The van der Waals surface area contributed by atoms with Crippen LogP contribution in [0.5, 0.6) is 0 Å². The minimum absolute atomic E-state index is 0.322. The zero-order valence-electron chi connectivity index (χ0n) is 10.2. The van der Waals surface area contributed by atoms with Gasteiger partial charge in [0.1, 0.15) is 0 Å². The van der Waals surface area contributed by atoms with Gasteiger partial charge in [0.05, 0.1) is 28.9 Å². The van der Waals surface area contributed by atoms with Gasteiger partial charge in [-0.2, -0.15) is 13.2 Å². The molecule has 0 aliphatic rings. The molecule has 1 N–H and O–H groups in total. The molecule has 0 unspecified atom stereocenters. The highest BCUT2D eigenvalue weighted by atomic mass is 35.5. The number of carbonyl (C=O) groups is 2. The van der Waals surface area contributed by atoms with E-state index in [1.165, 1.54) is 0 Å². The second-order valence-corrected chi connectivity index (χ2v) is 4.02. The van der Waals surface area contributed by atoms with Crippen LogP contribution in [0.3, 0.4) is 0 Å². The summed E-state index contributed by atoms with van der Waals surface area (Å²) in [6.07, 6.45) is -4.96. The topological polar surface area (TPSA) is 55.4 Å². The Balaban J connectivity index is 3.64. The molecule has 0 radical (unpaired) electrons. The zero-order chi connectivity index (χ0) is 15.7. The van der Waals surface area contributed by atoms with E-state index in [0.29, 0.717) is 6.07 Å². The summed E-state index contributed by atoms with van der Waals surface area (Å²) < 4.78 is 56.1. The summed E-state index contributed by atoms with van der Waals surface area (Å²) in [5.41, 5.74) is -3.08. The lowest BCUT2D eigenvalue weighted by atomic mass is 10.1. The predicted molar refractivity (Wildman–Crippen MR) is 62.1 cm³/mol. The summed E-state index contributed by atoms with van der Waals surface area (Å²) in [6.45, 7) is 0.992. The fourth-order valence-corrected chi connectivity index (χ4v) is 1.66. The van der Waals surface area contributed by atoms with Gasteiger partial charge < -0.3 is 10.1 Å². The maximum absolute atomic E-state index is 13.9. The second-order valence-electron chi connectivity index (χ2n) is 3.65. The first-order valence-corrected chi connectivity index (χ1v) is 5.42. The van der Waals surface area contributed by atoms with E-state index in [1.807, 2.05) is 5.32 Å². The van der Waals surface area contributed by atoms with Crippen molar-refractivity contribution in [2.45, 2.75) is 13.1 Å². The molecule has 0 atom stereocenters. The van der Waals surface area contributed by atoms with E-state index in [2.05, 4.69) is 4.74 Å². The number of ether oxygens (including phenoxy) is 1. The number of esters is 1. The number of benzene rings is 1. The first-order valence-electron chi connectivity index (χ1n) is 5.04. The summed E-state index contributed by atoms with van der Waals surface area (Å²) in [5.74, 6) is -3.59. The van der Waals surface area contributed by atoms with Crippen molar-refractivity contribution in [3.8, 4) is 0 Å². The van der Waals surface area contributed by atoms with Crippen molar-refractivity contribution in [3.05, 3.63) is 28.0 Å². The van der Waals surface area contributed by atoms with E-state index in [1.54, 1.807) is 0 Å². The van der Waals surface area contributed by atoms with E-state index in [0.717, 1.165) is 14.0 Å². The van der Waals surface area contributed by atoms with Crippen LogP contribution in [-0.4, -0.2) is 19.0 Å². The molecule has 1 rings (SSSR count). The number of rotatable bonds is 2. The van der Waals surface area contributed by atoms with E-state index in [9.17, 15) is 27.2 Å². The fraction of sp³-hybridized carbons (Fsp3) is 0.273. The van der Waals surface area contributed by atoms with Gasteiger partial charge in [0.15, 0.2) is 5.82 Å². The quantitative estimate of drug-likeness (QED) is 0.673. The van der Waals surface area contributed by atoms with Crippen molar-refractivity contribution in [2.75, 3.05) is 12.4 Å². The molecule has 0 saturated heterocycles. The van der Waals surface area contributed by atoms with E-state index >= 15 is 0 Å². The van der Waals surface area contributed by atoms with Crippen LogP contribution in [0.25, 0.3) is 0 Å². The monoisotopic (exact) mass is 313 g/mol. The Kier molecular flexibility index (Phi) is 4.59. The average molecular weight is 314 g/mol. The molecule has 0 spiro atoms. The Morgan fingerprint density at radius 2 is 1.90 bits per heavy atom. The summed E-state index contributed by atoms with van der Waals surface area (Å²) in [5, 5.41) is 0.668. The summed E-state index contributed by atoms with van der Waals surface area (Å²) in [7, 11) is 0.902. The third-order valence-electron chi connectivity index (χ3n) is 2.22. The van der Waals surface area contributed by atoms with Crippen molar-refractivity contribution in [1.29, 1.82) is 0 Å². The SMILES string of the molecule is COC(=O)c1cc(C(F)(F)F)c(Cl)c(F)c1NC(C)=O. The van der Waals surface area contributed by atoms with Crippen molar-refractivity contribution in [2.24, 2.45) is 0 Å². The van der Waals surface area contributed by atoms with Crippen LogP contribution in [-0.2, 0) is 15.7 Å². The number of amides is 1. The van der Waals surface area contributed by atoms with E-state index in [-0.39, 0.29) is 0 Å². The normalized spacial score (nSPS) is 11.2. The molecule has 0 aromatic heterocycles. The van der Waals surface area contributed by atoms with E-state index in [4.69, 9.17) is 11.6 Å². The highest BCUT2D eigenvalue weighted by Gasteiger charge is 2.37. The lowest BCUT2D eigenvalue weighted by Gasteiger charge is -2.15. The smallest absolute Gasteiger partial charge is 0.417 e. The maximum atomic E-state index is 13.9. The highest BCUT2D eigenvalue weighted by molar-refractivity contribution is 6.32. The molecule has 0 aliphatic heterocycles. The molecule has 20 heavy (non-hydrogen) atoms. The zero-order valence-corrected chi connectivity index (χ0v) is 10.9. The van der Waals surface area contributed by atoms with Gasteiger partial charge in [-0.3, -0.25) is 4.79 Å². The third kappa shape index (κ3) is 3.19. The van der Waals surface area contributed by atoms with Crippen LogP contribution in [0, 0.1) is 5.82 Å². The molecule has 1 aromatic carbocycles. The van der Waals surface area contributed by atoms with Gasteiger partial charge >= 0.3 is 12.1 Å². The van der Waals surface area contributed by atoms with Crippen molar-refractivity contribution < 1.29 is 31.9 Å². The van der Waals surface area contributed by atoms with Gasteiger partial charge in [0.25, 0.3) is 0 Å².